The van der Waals surface area contributed by atoms with Crippen molar-refractivity contribution in [3.63, 3.8) is 0 Å². The van der Waals surface area contributed by atoms with Crippen molar-refractivity contribution in [2.45, 2.75) is 39.2 Å². The zero-order valence-corrected chi connectivity index (χ0v) is 18.5. The predicted octanol–water partition coefficient (Wildman–Crippen LogP) is 4.07. The molecule has 0 saturated carbocycles. The molecule has 7 nitrogen and oxygen atoms in total. The molecule has 4 rings (SSSR count). The first-order valence-corrected chi connectivity index (χ1v) is 10.7. The first-order chi connectivity index (χ1) is 15.2. The van der Waals surface area contributed by atoms with Crippen LogP contribution in [0.1, 0.15) is 49.5 Å². The zero-order chi connectivity index (χ0) is 22.9. The molecule has 0 N–H and O–H groups in total. The summed E-state index contributed by atoms with van der Waals surface area (Å²) in [7, 11) is 0. The Morgan fingerprint density at radius 2 is 1.75 bits per heavy atom. The lowest BCUT2D eigenvalue weighted by atomic mass is 9.96. The molecule has 0 radical (unpaired) electrons. The SMILES string of the molecule is CC(C)(C)OC(=O)C1CCN(C(=O)c2ccc(-c3cn4cc(C#N)ccc4n3)cc2)CC1. The molecule has 3 heterocycles. The van der Waals surface area contributed by atoms with E-state index in [1.807, 2.05) is 55.6 Å². The van der Waals surface area contributed by atoms with Crippen LogP contribution in [0, 0.1) is 17.2 Å². The summed E-state index contributed by atoms with van der Waals surface area (Å²) in [4.78, 5) is 31.6. The van der Waals surface area contributed by atoms with Gasteiger partial charge in [-0.25, -0.2) is 4.98 Å². The van der Waals surface area contributed by atoms with Gasteiger partial charge >= 0.3 is 5.97 Å². The molecular formula is C25H26N4O3. The topological polar surface area (TPSA) is 87.7 Å². The molecule has 3 aromatic rings. The van der Waals surface area contributed by atoms with Gasteiger partial charge in [0.05, 0.1) is 17.2 Å². The van der Waals surface area contributed by atoms with E-state index in [0.29, 0.717) is 37.1 Å². The molecule has 0 unspecified atom stereocenters. The number of hydrogen-bond acceptors (Lipinski definition) is 5. The maximum atomic E-state index is 12.9. The van der Waals surface area contributed by atoms with Crippen LogP contribution in [0.3, 0.4) is 0 Å². The molecule has 0 aliphatic carbocycles. The molecule has 1 saturated heterocycles. The Kier molecular flexibility index (Phi) is 5.70. The third kappa shape index (κ3) is 4.65. The zero-order valence-electron chi connectivity index (χ0n) is 18.5. The molecule has 2 aromatic heterocycles. The summed E-state index contributed by atoms with van der Waals surface area (Å²) < 4.78 is 7.30. The first-order valence-electron chi connectivity index (χ1n) is 10.7. The summed E-state index contributed by atoms with van der Waals surface area (Å²) in [5.74, 6) is -0.367. The second-order valence-corrected chi connectivity index (χ2v) is 9.10. The fourth-order valence-electron chi connectivity index (χ4n) is 3.87. The second kappa shape index (κ2) is 8.46. The molecule has 1 aromatic carbocycles. The van der Waals surface area contributed by atoms with Crippen LogP contribution in [0.2, 0.25) is 0 Å². The molecule has 1 fully saturated rings. The van der Waals surface area contributed by atoms with Crippen molar-refractivity contribution in [2.24, 2.45) is 5.92 Å². The number of piperidine rings is 1. The molecule has 1 aliphatic rings. The molecule has 164 valence electrons. The summed E-state index contributed by atoms with van der Waals surface area (Å²) in [5.41, 5.74) is 3.11. The van der Waals surface area contributed by atoms with Gasteiger partial charge in [0.15, 0.2) is 0 Å². The number of esters is 1. The highest BCUT2D eigenvalue weighted by molar-refractivity contribution is 5.94. The number of amides is 1. The van der Waals surface area contributed by atoms with Crippen molar-refractivity contribution < 1.29 is 14.3 Å². The van der Waals surface area contributed by atoms with E-state index in [4.69, 9.17) is 10.00 Å². The van der Waals surface area contributed by atoms with Gasteiger partial charge in [0.25, 0.3) is 5.91 Å². The van der Waals surface area contributed by atoms with Crippen LogP contribution in [0.15, 0.2) is 48.8 Å². The Balaban J connectivity index is 1.41. The minimum Gasteiger partial charge on any atom is -0.460 e. The number of pyridine rings is 1. The van der Waals surface area contributed by atoms with E-state index in [1.54, 1.807) is 23.2 Å². The van der Waals surface area contributed by atoms with Crippen LogP contribution in [-0.4, -0.2) is 44.9 Å². The number of nitriles is 1. The number of aromatic nitrogens is 2. The van der Waals surface area contributed by atoms with Gasteiger partial charge in [-0.15, -0.1) is 0 Å². The largest absolute Gasteiger partial charge is 0.460 e. The smallest absolute Gasteiger partial charge is 0.309 e. The minimum atomic E-state index is -0.495. The number of imidazole rings is 1. The Hall–Kier alpha value is -3.66. The average molecular weight is 431 g/mol. The van der Waals surface area contributed by atoms with Gasteiger partial charge in [-0.05, 0) is 57.9 Å². The van der Waals surface area contributed by atoms with Crippen molar-refractivity contribution in [3.8, 4) is 17.3 Å². The van der Waals surface area contributed by atoms with E-state index >= 15 is 0 Å². The highest BCUT2D eigenvalue weighted by Crippen LogP contribution is 2.24. The van der Waals surface area contributed by atoms with Crippen LogP contribution in [0.5, 0.6) is 0 Å². The normalized spacial score (nSPS) is 14.9. The van der Waals surface area contributed by atoms with E-state index in [1.165, 1.54) is 0 Å². The van der Waals surface area contributed by atoms with Gasteiger partial charge in [-0.1, -0.05) is 12.1 Å². The Morgan fingerprint density at radius 1 is 1.06 bits per heavy atom. The summed E-state index contributed by atoms with van der Waals surface area (Å²) in [5, 5.41) is 9.05. The molecule has 7 heteroatoms. The average Bonchev–Trinajstić information content (AvgIpc) is 3.21. The van der Waals surface area contributed by atoms with Crippen LogP contribution >= 0.6 is 0 Å². The Labute approximate surface area is 187 Å². The number of likely N-dealkylation sites (tertiary alicyclic amines) is 1. The fraction of sp³-hybridized carbons (Fsp3) is 0.360. The summed E-state index contributed by atoms with van der Waals surface area (Å²) in [6.45, 7) is 6.67. The summed E-state index contributed by atoms with van der Waals surface area (Å²) in [6.07, 6.45) is 4.84. The maximum absolute atomic E-state index is 12.9. The third-order valence-corrected chi connectivity index (χ3v) is 5.53. The van der Waals surface area contributed by atoms with Crippen LogP contribution in [-0.2, 0) is 9.53 Å². The molecule has 1 amide bonds. The summed E-state index contributed by atoms with van der Waals surface area (Å²) in [6, 6.07) is 13.0. The highest BCUT2D eigenvalue weighted by Gasteiger charge is 2.30. The lowest BCUT2D eigenvalue weighted by Crippen LogP contribution is -2.41. The van der Waals surface area contributed by atoms with E-state index < -0.39 is 5.60 Å². The first kappa shape index (κ1) is 21.6. The van der Waals surface area contributed by atoms with Gasteiger partial charge in [-0.3, -0.25) is 9.59 Å². The second-order valence-electron chi connectivity index (χ2n) is 9.10. The number of carbonyl (C=O) groups is 2. The molecule has 1 aliphatic heterocycles. The number of nitrogens with zero attached hydrogens (tertiary/aromatic N) is 4. The molecular weight excluding hydrogens is 404 g/mol. The van der Waals surface area contributed by atoms with Crippen LogP contribution in [0.25, 0.3) is 16.9 Å². The molecule has 0 spiro atoms. The Morgan fingerprint density at radius 3 is 2.38 bits per heavy atom. The molecule has 32 heavy (non-hydrogen) atoms. The van der Waals surface area contributed by atoms with E-state index in [9.17, 15) is 9.59 Å². The number of carbonyl (C=O) groups excluding carboxylic acids is 2. The number of ether oxygens (including phenoxy) is 1. The number of rotatable bonds is 3. The van der Waals surface area contributed by atoms with Gasteiger partial charge in [0.2, 0.25) is 0 Å². The lowest BCUT2D eigenvalue weighted by Gasteiger charge is -2.32. The van der Waals surface area contributed by atoms with E-state index in [-0.39, 0.29) is 17.8 Å². The van der Waals surface area contributed by atoms with Crippen molar-refractivity contribution >= 4 is 17.5 Å². The summed E-state index contributed by atoms with van der Waals surface area (Å²) >= 11 is 0. The highest BCUT2D eigenvalue weighted by atomic mass is 16.6. The third-order valence-electron chi connectivity index (χ3n) is 5.53. The predicted molar refractivity (Wildman–Crippen MR) is 120 cm³/mol. The quantitative estimate of drug-likeness (QED) is 0.585. The Bertz CT molecular complexity index is 1190. The van der Waals surface area contributed by atoms with Crippen LogP contribution < -0.4 is 0 Å². The number of hydrogen-bond donors (Lipinski definition) is 0. The van der Waals surface area contributed by atoms with E-state index in [2.05, 4.69) is 11.1 Å². The van der Waals surface area contributed by atoms with Gasteiger partial charge in [0.1, 0.15) is 17.3 Å². The van der Waals surface area contributed by atoms with Crippen molar-refractivity contribution in [1.82, 2.24) is 14.3 Å². The van der Waals surface area contributed by atoms with E-state index in [0.717, 1.165) is 16.9 Å². The van der Waals surface area contributed by atoms with Crippen LogP contribution in [0.4, 0.5) is 0 Å². The monoisotopic (exact) mass is 430 g/mol. The standard InChI is InChI=1S/C25H26N4O3/c1-25(2,3)32-24(31)20-10-12-28(13-11-20)23(30)19-7-5-18(6-8-19)21-16-29-15-17(14-26)4-9-22(29)27-21/h4-9,15-16,20H,10-13H2,1-3H3. The van der Waals surface area contributed by atoms with Crippen molar-refractivity contribution in [1.29, 1.82) is 5.26 Å². The number of fused-ring (bicyclic) bond motifs is 1. The molecule has 0 bridgehead atoms. The van der Waals surface area contributed by atoms with Gasteiger partial charge in [0, 0.05) is 36.6 Å². The van der Waals surface area contributed by atoms with Gasteiger partial charge < -0.3 is 14.0 Å². The lowest BCUT2D eigenvalue weighted by molar-refractivity contribution is -0.161. The van der Waals surface area contributed by atoms with Gasteiger partial charge in [-0.2, -0.15) is 5.26 Å². The maximum Gasteiger partial charge on any atom is 0.309 e. The fourth-order valence-corrected chi connectivity index (χ4v) is 3.87. The minimum absolute atomic E-state index is 0.0344. The number of benzene rings is 1. The van der Waals surface area contributed by atoms with Crippen molar-refractivity contribution in [3.05, 3.63) is 59.9 Å². The molecule has 0 atom stereocenters. The van der Waals surface area contributed by atoms with Crippen molar-refractivity contribution in [2.75, 3.05) is 13.1 Å².